The Kier molecular flexibility index (Phi) is 1.12. The van der Waals surface area contributed by atoms with Gasteiger partial charge in [0, 0.05) is 6.61 Å². The zero-order valence-corrected chi connectivity index (χ0v) is 5.46. The van der Waals surface area contributed by atoms with Crippen molar-refractivity contribution in [1.29, 1.82) is 0 Å². The van der Waals surface area contributed by atoms with E-state index in [1.54, 1.807) is 0 Å². The maximum atomic E-state index is 8.85. The van der Waals surface area contributed by atoms with Gasteiger partial charge >= 0.3 is 0 Å². The summed E-state index contributed by atoms with van der Waals surface area (Å²) in [6.45, 7) is 0.394. The summed E-state index contributed by atoms with van der Waals surface area (Å²) in [7, 11) is 0. The molecule has 1 heteroatoms. The molecule has 0 saturated heterocycles. The van der Waals surface area contributed by atoms with Crippen LogP contribution >= 0.6 is 0 Å². The smallest absolute Gasteiger partial charge is 0.0465 e. The first kappa shape index (κ1) is 5.48. The van der Waals surface area contributed by atoms with Gasteiger partial charge in [0.05, 0.1) is 0 Å². The van der Waals surface area contributed by atoms with Gasteiger partial charge in [-0.3, -0.25) is 0 Å². The molecule has 0 aromatic heterocycles. The van der Waals surface area contributed by atoms with Gasteiger partial charge in [0.15, 0.2) is 0 Å². The lowest BCUT2D eigenvalue weighted by Crippen LogP contribution is -2.10. The van der Waals surface area contributed by atoms with Crippen LogP contribution in [0.15, 0.2) is 12.2 Å². The minimum Gasteiger partial charge on any atom is -0.396 e. The Balaban J connectivity index is 2.10. The Labute approximate surface area is 55.4 Å². The lowest BCUT2D eigenvalue weighted by atomic mass is 9.95. The standard InChI is InChI=1S/C8H12O/c9-5-8-4-6-1-2-7(8)3-6/h1-2,6-9H,3-5H2/t6-,7+,8?/m0/s1. The first-order chi connectivity index (χ1) is 4.40. The monoisotopic (exact) mass is 124 g/mol. The summed E-state index contributed by atoms with van der Waals surface area (Å²) in [6.07, 6.45) is 7.12. The zero-order valence-electron chi connectivity index (χ0n) is 5.46. The van der Waals surface area contributed by atoms with Gasteiger partial charge in [-0.1, -0.05) is 12.2 Å². The average Bonchev–Trinajstić information content (AvgIpc) is 2.45. The molecule has 0 heterocycles. The second-order valence-corrected chi connectivity index (χ2v) is 3.22. The highest BCUT2D eigenvalue weighted by atomic mass is 16.3. The Bertz CT molecular complexity index is 140. The van der Waals surface area contributed by atoms with Crippen LogP contribution in [0.5, 0.6) is 0 Å². The predicted octanol–water partition coefficient (Wildman–Crippen LogP) is 1.19. The van der Waals surface area contributed by atoms with Crippen LogP contribution < -0.4 is 0 Å². The minimum absolute atomic E-state index is 0.394. The number of aliphatic hydroxyl groups excluding tert-OH is 1. The van der Waals surface area contributed by atoms with Gasteiger partial charge in [0.1, 0.15) is 0 Å². The Hall–Kier alpha value is -0.300. The van der Waals surface area contributed by atoms with E-state index in [9.17, 15) is 0 Å². The molecule has 1 nitrogen and oxygen atoms in total. The largest absolute Gasteiger partial charge is 0.396 e. The van der Waals surface area contributed by atoms with Gasteiger partial charge in [-0.05, 0) is 30.6 Å². The van der Waals surface area contributed by atoms with Crippen LogP contribution in [-0.2, 0) is 0 Å². The number of rotatable bonds is 1. The molecule has 9 heavy (non-hydrogen) atoms. The molecule has 1 fully saturated rings. The molecule has 3 atom stereocenters. The van der Waals surface area contributed by atoms with E-state index in [4.69, 9.17) is 5.11 Å². The first-order valence-corrected chi connectivity index (χ1v) is 3.69. The zero-order chi connectivity index (χ0) is 6.27. The lowest BCUT2D eigenvalue weighted by Gasteiger charge is -2.13. The summed E-state index contributed by atoms with van der Waals surface area (Å²) < 4.78 is 0. The third-order valence-electron chi connectivity index (χ3n) is 2.65. The Morgan fingerprint density at radius 3 is 2.56 bits per heavy atom. The summed E-state index contributed by atoms with van der Waals surface area (Å²) in [5.41, 5.74) is 0. The molecule has 1 saturated carbocycles. The third-order valence-corrected chi connectivity index (χ3v) is 2.65. The molecule has 0 amide bonds. The highest BCUT2D eigenvalue weighted by molar-refractivity contribution is 5.09. The quantitative estimate of drug-likeness (QED) is 0.520. The molecule has 2 aliphatic carbocycles. The Morgan fingerprint density at radius 2 is 2.22 bits per heavy atom. The van der Waals surface area contributed by atoms with Gasteiger partial charge < -0.3 is 5.11 Å². The fourth-order valence-corrected chi connectivity index (χ4v) is 2.10. The maximum Gasteiger partial charge on any atom is 0.0465 e. The van der Waals surface area contributed by atoms with Crippen molar-refractivity contribution >= 4 is 0 Å². The van der Waals surface area contributed by atoms with Gasteiger partial charge in [-0.25, -0.2) is 0 Å². The SMILES string of the molecule is OCC1C[C@H]2C=C[C@@H]1C2. The number of allylic oxidation sites excluding steroid dienone is 2. The molecule has 0 aromatic rings. The number of hydrogen-bond acceptors (Lipinski definition) is 1. The van der Waals surface area contributed by atoms with Gasteiger partial charge in [0.25, 0.3) is 0 Å². The van der Waals surface area contributed by atoms with E-state index in [-0.39, 0.29) is 0 Å². The van der Waals surface area contributed by atoms with Gasteiger partial charge in [-0.15, -0.1) is 0 Å². The van der Waals surface area contributed by atoms with Crippen LogP contribution in [0, 0.1) is 17.8 Å². The van der Waals surface area contributed by atoms with E-state index in [1.807, 2.05) is 0 Å². The van der Waals surface area contributed by atoms with Crippen molar-refractivity contribution in [2.75, 3.05) is 6.61 Å². The highest BCUT2D eigenvalue weighted by Gasteiger charge is 2.34. The van der Waals surface area contributed by atoms with Crippen molar-refractivity contribution in [2.45, 2.75) is 12.8 Å². The van der Waals surface area contributed by atoms with Gasteiger partial charge in [-0.2, -0.15) is 0 Å². The van der Waals surface area contributed by atoms with E-state index in [0.717, 1.165) is 11.8 Å². The topological polar surface area (TPSA) is 20.2 Å². The number of aliphatic hydroxyl groups is 1. The molecule has 0 aliphatic heterocycles. The van der Waals surface area contributed by atoms with Crippen molar-refractivity contribution < 1.29 is 5.11 Å². The molecule has 0 aromatic carbocycles. The molecule has 1 N–H and O–H groups in total. The Morgan fingerprint density at radius 1 is 1.33 bits per heavy atom. The molecule has 0 spiro atoms. The molecular formula is C8H12O. The normalized spacial score (nSPS) is 46.6. The summed E-state index contributed by atoms with van der Waals surface area (Å²) in [6, 6.07) is 0. The molecule has 1 unspecified atom stereocenters. The molecule has 2 rings (SSSR count). The lowest BCUT2D eigenvalue weighted by molar-refractivity contribution is 0.207. The average molecular weight is 124 g/mol. The molecule has 2 aliphatic rings. The molecule has 2 bridgehead atoms. The third kappa shape index (κ3) is 0.715. The molecule has 50 valence electrons. The number of hydrogen-bond donors (Lipinski definition) is 1. The first-order valence-electron chi connectivity index (χ1n) is 3.69. The minimum atomic E-state index is 0.394. The van der Waals surface area contributed by atoms with Crippen molar-refractivity contribution in [3.05, 3.63) is 12.2 Å². The van der Waals surface area contributed by atoms with Crippen LogP contribution in [-0.4, -0.2) is 11.7 Å². The second-order valence-electron chi connectivity index (χ2n) is 3.22. The van der Waals surface area contributed by atoms with Crippen LogP contribution in [0.1, 0.15) is 12.8 Å². The fraction of sp³-hybridized carbons (Fsp3) is 0.750. The number of fused-ring (bicyclic) bond motifs is 2. The molecular weight excluding hydrogens is 112 g/mol. The van der Waals surface area contributed by atoms with E-state index in [1.165, 1.54) is 12.8 Å². The summed E-state index contributed by atoms with van der Waals surface area (Å²) >= 11 is 0. The second kappa shape index (κ2) is 1.84. The van der Waals surface area contributed by atoms with E-state index in [2.05, 4.69) is 12.2 Å². The van der Waals surface area contributed by atoms with Crippen molar-refractivity contribution in [3.8, 4) is 0 Å². The van der Waals surface area contributed by atoms with Crippen LogP contribution in [0.2, 0.25) is 0 Å². The maximum absolute atomic E-state index is 8.85. The molecule has 0 radical (unpaired) electrons. The summed E-state index contributed by atoms with van der Waals surface area (Å²) in [4.78, 5) is 0. The van der Waals surface area contributed by atoms with Crippen molar-refractivity contribution in [2.24, 2.45) is 17.8 Å². The summed E-state index contributed by atoms with van der Waals surface area (Å²) in [5.74, 6) is 2.13. The highest BCUT2D eigenvalue weighted by Crippen LogP contribution is 2.42. The van der Waals surface area contributed by atoms with Gasteiger partial charge in [0.2, 0.25) is 0 Å². The van der Waals surface area contributed by atoms with E-state index >= 15 is 0 Å². The van der Waals surface area contributed by atoms with Crippen LogP contribution in [0.25, 0.3) is 0 Å². The van der Waals surface area contributed by atoms with Crippen molar-refractivity contribution in [3.63, 3.8) is 0 Å². The fourth-order valence-electron chi connectivity index (χ4n) is 2.10. The summed E-state index contributed by atoms with van der Waals surface area (Å²) in [5, 5.41) is 8.85. The van der Waals surface area contributed by atoms with E-state index in [0.29, 0.717) is 12.5 Å². The van der Waals surface area contributed by atoms with Crippen LogP contribution in [0.4, 0.5) is 0 Å². The van der Waals surface area contributed by atoms with E-state index < -0.39 is 0 Å². The van der Waals surface area contributed by atoms with Crippen molar-refractivity contribution in [1.82, 2.24) is 0 Å². The van der Waals surface area contributed by atoms with Crippen LogP contribution in [0.3, 0.4) is 0 Å². The predicted molar refractivity (Wildman–Crippen MR) is 35.9 cm³/mol.